The Hall–Kier alpha value is -2.81. The molecule has 0 saturated carbocycles. The molecular formula is C20H15Cl2N5O2S. The van der Waals surface area contributed by atoms with E-state index in [-0.39, 0.29) is 17.5 Å². The molecule has 1 N–H and O–H groups in total. The Kier molecular flexibility index (Phi) is 6.08. The maximum atomic E-state index is 12.5. The first kappa shape index (κ1) is 20.5. The fourth-order valence-electron chi connectivity index (χ4n) is 2.68. The van der Waals surface area contributed by atoms with Gasteiger partial charge in [0, 0.05) is 11.9 Å². The number of carbonyl (C=O) groups excluding carboxylic acids is 1. The van der Waals surface area contributed by atoms with E-state index in [9.17, 15) is 4.79 Å². The lowest BCUT2D eigenvalue weighted by Crippen LogP contribution is -2.16. The Balaban J connectivity index is 1.55. The zero-order valence-corrected chi connectivity index (χ0v) is 18.0. The quantitative estimate of drug-likeness (QED) is 0.395. The molecule has 3 aromatic heterocycles. The van der Waals surface area contributed by atoms with E-state index < -0.39 is 0 Å². The minimum absolute atomic E-state index is 0.0861. The molecule has 7 nitrogen and oxygen atoms in total. The first-order valence-electron chi connectivity index (χ1n) is 8.82. The van der Waals surface area contributed by atoms with Crippen molar-refractivity contribution in [2.75, 3.05) is 11.1 Å². The van der Waals surface area contributed by atoms with E-state index in [1.807, 2.05) is 34.9 Å². The molecule has 0 aliphatic carbocycles. The smallest absolute Gasteiger partial charge is 0.236 e. The van der Waals surface area contributed by atoms with Crippen LogP contribution in [-0.4, -0.2) is 31.4 Å². The summed E-state index contributed by atoms with van der Waals surface area (Å²) in [4.78, 5) is 16.6. The van der Waals surface area contributed by atoms with Gasteiger partial charge in [-0.1, -0.05) is 53.2 Å². The molecule has 4 rings (SSSR count). The van der Waals surface area contributed by atoms with E-state index >= 15 is 0 Å². The first-order valence-corrected chi connectivity index (χ1v) is 10.6. The molecule has 0 atom stereocenters. The minimum atomic E-state index is -0.279. The fourth-order valence-corrected chi connectivity index (χ4v) is 3.82. The van der Waals surface area contributed by atoms with E-state index in [0.29, 0.717) is 32.3 Å². The van der Waals surface area contributed by atoms with Crippen LogP contribution in [0.4, 0.5) is 5.82 Å². The molecule has 0 saturated heterocycles. The number of carbonyl (C=O) groups is 1. The SMILES string of the molecule is Cc1c(Cl)cnc(NC(=O)CSc2nnc(-c3ccco3)n2-c2ccccc2)c1Cl. The third-order valence-electron chi connectivity index (χ3n) is 4.18. The monoisotopic (exact) mass is 459 g/mol. The zero-order valence-electron chi connectivity index (χ0n) is 15.7. The summed E-state index contributed by atoms with van der Waals surface area (Å²) in [5.41, 5.74) is 1.51. The molecule has 1 amide bonds. The number of aromatic nitrogens is 4. The molecule has 0 aliphatic heterocycles. The molecule has 0 spiro atoms. The van der Waals surface area contributed by atoms with Crippen LogP contribution in [-0.2, 0) is 4.79 Å². The molecule has 0 unspecified atom stereocenters. The van der Waals surface area contributed by atoms with Gasteiger partial charge in [0.15, 0.2) is 16.7 Å². The molecule has 10 heteroatoms. The number of anilines is 1. The Morgan fingerprint density at radius 1 is 1.17 bits per heavy atom. The molecule has 3 heterocycles. The van der Waals surface area contributed by atoms with Crippen LogP contribution < -0.4 is 5.32 Å². The van der Waals surface area contributed by atoms with Crippen LogP contribution in [0.5, 0.6) is 0 Å². The highest BCUT2D eigenvalue weighted by Crippen LogP contribution is 2.30. The molecule has 152 valence electrons. The molecule has 0 radical (unpaired) electrons. The van der Waals surface area contributed by atoms with Gasteiger partial charge in [0.2, 0.25) is 11.7 Å². The average molecular weight is 460 g/mol. The number of pyridine rings is 1. The van der Waals surface area contributed by atoms with Crippen LogP contribution >= 0.6 is 35.0 Å². The van der Waals surface area contributed by atoms with E-state index in [1.54, 1.807) is 25.3 Å². The topological polar surface area (TPSA) is 85.8 Å². The van der Waals surface area contributed by atoms with Gasteiger partial charge in [-0.3, -0.25) is 9.36 Å². The van der Waals surface area contributed by atoms with Crippen molar-refractivity contribution in [1.29, 1.82) is 0 Å². The number of furan rings is 1. The van der Waals surface area contributed by atoms with E-state index in [2.05, 4.69) is 20.5 Å². The number of amides is 1. The van der Waals surface area contributed by atoms with Crippen LogP contribution in [0.25, 0.3) is 17.3 Å². The van der Waals surface area contributed by atoms with Crippen molar-refractivity contribution in [3.05, 3.63) is 70.5 Å². The lowest BCUT2D eigenvalue weighted by Gasteiger charge is -2.10. The van der Waals surface area contributed by atoms with Gasteiger partial charge >= 0.3 is 0 Å². The van der Waals surface area contributed by atoms with Crippen molar-refractivity contribution in [2.24, 2.45) is 0 Å². The number of para-hydroxylation sites is 1. The van der Waals surface area contributed by atoms with Gasteiger partial charge in [0.1, 0.15) is 0 Å². The summed E-state index contributed by atoms with van der Waals surface area (Å²) in [5.74, 6) is 1.20. The number of nitrogens with zero attached hydrogens (tertiary/aromatic N) is 4. The molecule has 0 bridgehead atoms. The van der Waals surface area contributed by atoms with Crippen molar-refractivity contribution in [3.8, 4) is 17.3 Å². The number of benzene rings is 1. The van der Waals surface area contributed by atoms with Gasteiger partial charge in [0.25, 0.3) is 0 Å². The number of rotatable bonds is 6. The Labute approximate surface area is 186 Å². The highest BCUT2D eigenvalue weighted by Gasteiger charge is 2.19. The third-order valence-corrected chi connectivity index (χ3v) is 5.95. The summed E-state index contributed by atoms with van der Waals surface area (Å²) in [5, 5.41) is 12.5. The summed E-state index contributed by atoms with van der Waals surface area (Å²) in [6, 6.07) is 13.2. The second kappa shape index (κ2) is 8.91. The molecule has 30 heavy (non-hydrogen) atoms. The van der Waals surface area contributed by atoms with Crippen LogP contribution in [0.1, 0.15) is 5.56 Å². The van der Waals surface area contributed by atoms with Gasteiger partial charge in [-0.2, -0.15) is 0 Å². The Bertz CT molecular complexity index is 1180. The van der Waals surface area contributed by atoms with E-state index in [4.69, 9.17) is 27.6 Å². The van der Waals surface area contributed by atoms with Crippen LogP contribution in [0.2, 0.25) is 10.0 Å². The number of hydrogen-bond acceptors (Lipinski definition) is 6. The molecule has 0 fully saturated rings. The summed E-state index contributed by atoms with van der Waals surface area (Å²) in [6.07, 6.45) is 3.03. The molecule has 4 aromatic rings. The second-order valence-corrected chi connectivity index (χ2v) is 7.91. The second-order valence-electron chi connectivity index (χ2n) is 6.19. The predicted octanol–water partition coefficient (Wildman–Crippen LogP) is 5.27. The standard InChI is InChI=1S/C20H15Cl2N5O2S/c1-12-14(21)10-23-18(17(12)22)24-16(28)11-30-20-26-25-19(15-8-5-9-29-15)27(20)13-6-3-2-4-7-13/h2-10H,11H2,1H3,(H,23,24,28). The largest absolute Gasteiger partial charge is 0.461 e. The minimum Gasteiger partial charge on any atom is -0.461 e. The van der Waals surface area contributed by atoms with Gasteiger partial charge in [-0.25, -0.2) is 4.98 Å². The van der Waals surface area contributed by atoms with Crippen molar-refractivity contribution < 1.29 is 9.21 Å². The number of hydrogen-bond donors (Lipinski definition) is 1. The van der Waals surface area contributed by atoms with Crippen molar-refractivity contribution >= 4 is 46.7 Å². The van der Waals surface area contributed by atoms with Crippen LogP contribution in [0.3, 0.4) is 0 Å². The van der Waals surface area contributed by atoms with Gasteiger partial charge < -0.3 is 9.73 Å². The van der Waals surface area contributed by atoms with Gasteiger partial charge in [-0.05, 0) is 36.8 Å². The van der Waals surface area contributed by atoms with Gasteiger partial charge in [-0.15, -0.1) is 10.2 Å². The maximum absolute atomic E-state index is 12.5. The van der Waals surface area contributed by atoms with Crippen molar-refractivity contribution in [2.45, 2.75) is 12.1 Å². The van der Waals surface area contributed by atoms with Gasteiger partial charge in [0.05, 0.1) is 22.1 Å². The van der Waals surface area contributed by atoms with E-state index in [0.717, 1.165) is 5.69 Å². The summed E-state index contributed by atoms with van der Waals surface area (Å²) in [7, 11) is 0. The average Bonchev–Trinajstić information content (AvgIpc) is 3.43. The van der Waals surface area contributed by atoms with Crippen molar-refractivity contribution in [1.82, 2.24) is 19.7 Å². The Morgan fingerprint density at radius 2 is 1.97 bits per heavy atom. The fraction of sp³-hybridized carbons (Fsp3) is 0.100. The maximum Gasteiger partial charge on any atom is 0.236 e. The molecular weight excluding hydrogens is 445 g/mol. The number of nitrogens with one attached hydrogen (secondary N) is 1. The summed E-state index contributed by atoms with van der Waals surface area (Å²) in [6.45, 7) is 1.76. The lowest BCUT2D eigenvalue weighted by atomic mass is 10.3. The summed E-state index contributed by atoms with van der Waals surface area (Å²) >= 11 is 13.5. The van der Waals surface area contributed by atoms with Crippen molar-refractivity contribution in [3.63, 3.8) is 0 Å². The highest BCUT2D eigenvalue weighted by molar-refractivity contribution is 7.99. The lowest BCUT2D eigenvalue weighted by molar-refractivity contribution is -0.113. The van der Waals surface area contributed by atoms with E-state index in [1.165, 1.54) is 18.0 Å². The summed E-state index contributed by atoms with van der Waals surface area (Å²) < 4.78 is 7.33. The predicted molar refractivity (Wildman–Crippen MR) is 117 cm³/mol. The normalized spacial score (nSPS) is 10.9. The van der Waals surface area contributed by atoms with Crippen LogP contribution in [0.15, 0.2) is 64.5 Å². The number of thioether (sulfide) groups is 1. The van der Waals surface area contributed by atoms with Crippen LogP contribution in [0, 0.1) is 6.92 Å². The number of halogens is 2. The Morgan fingerprint density at radius 3 is 2.70 bits per heavy atom. The molecule has 1 aromatic carbocycles. The third kappa shape index (κ3) is 4.21. The first-order chi connectivity index (χ1) is 14.5. The molecule has 0 aliphatic rings. The zero-order chi connectivity index (χ0) is 21.1. The highest BCUT2D eigenvalue weighted by atomic mass is 35.5.